The molecule has 0 atom stereocenters. The van der Waals surface area contributed by atoms with Gasteiger partial charge in [0.15, 0.2) is 0 Å². The van der Waals surface area contributed by atoms with Crippen LogP contribution in [0.5, 0.6) is 0 Å². The average molecular weight is 299 g/mol. The van der Waals surface area contributed by atoms with Crippen LogP contribution in [-0.2, 0) is 4.74 Å². The molecule has 6 heteroatoms. The van der Waals surface area contributed by atoms with Crippen molar-refractivity contribution in [2.45, 2.75) is 18.4 Å². The van der Waals surface area contributed by atoms with Crippen LogP contribution in [0.15, 0.2) is 24.3 Å². The summed E-state index contributed by atoms with van der Waals surface area (Å²) in [6.45, 7) is 1.34. The summed E-state index contributed by atoms with van der Waals surface area (Å²) in [4.78, 5) is 13.5. The lowest BCUT2D eigenvalue weighted by Gasteiger charge is -2.35. The number of hydrogen-bond acceptors (Lipinski definition) is 3. The van der Waals surface area contributed by atoms with Crippen molar-refractivity contribution in [1.82, 2.24) is 4.90 Å². The van der Waals surface area contributed by atoms with Gasteiger partial charge in [0.25, 0.3) is 0 Å². The molecule has 2 rings (SSSR count). The van der Waals surface area contributed by atoms with Crippen molar-refractivity contribution >= 4 is 23.3 Å². The van der Waals surface area contributed by atoms with E-state index in [4.69, 9.17) is 16.3 Å². The van der Waals surface area contributed by atoms with Gasteiger partial charge in [-0.25, -0.2) is 4.79 Å². The van der Waals surface area contributed by atoms with Gasteiger partial charge in [-0.2, -0.15) is 0 Å². The molecule has 2 N–H and O–H groups in total. The molecule has 1 aliphatic heterocycles. The maximum Gasteiger partial charge on any atom is 0.321 e. The number of amides is 2. The Bertz CT molecular complexity index is 475. The van der Waals surface area contributed by atoms with Crippen LogP contribution in [0.4, 0.5) is 10.5 Å². The number of nitrogens with one attached hydrogen (secondary N) is 1. The van der Waals surface area contributed by atoms with Gasteiger partial charge in [-0.1, -0.05) is 17.7 Å². The number of nitrogens with zero attached hydrogens (tertiary/aromatic N) is 1. The SMILES string of the molecule is CN(CC1(O)CCOCC1)C(=O)Nc1cccc(Cl)c1. The van der Waals surface area contributed by atoms with Crippen molar-refractivity contribution in [1.29, 1.82) is 0 Å². The molecular formula is C14H19ClN2O3. The van der Waals surface area contributed by atoms with E-state index in [0.29, 0.717) is 36.8 Å². The molecule has 0 aromatic heterocycles. The van der Waals surface area contributed by atoms with Crippen LogP contribution in [0, 0.1) is 0 Å². The number of hydrogen-bond donors (Lipinski definition) is 2. The number of likely N-dealkylation sites (N-methyl/N-ethyl adjacent to an activating group) is 1. The Morgan fingerprint density at radius 3 is 2.85 bits per heavy atom. The molecule has 2 amide bonds. The van der Waals surface area contributed by atoms with Gasteiger partial charge in [-0.05, 0) is 18.2 Å². The zero-order valence-electron chi connectivity index (χ0n) is 11.4. The molecule has 0 aliphatic carbocycles. The van der Waals surface area contributed by atoms with Crippen LogP contribution in [0.2, 0.25) is 5.02 Å². The van der Waals surface area contributed by atoms with Crippen molar-refractivity contribution < 1.29 is 14.6 Å². The maximum atomic E-state index is 12.1. The monoisotopic (exact) mass is 298 g/mol. The summed E-state index contributed by atoms with van der Waals surface area (Å²) in [5.74, 6) is 0. The second kappa shape index (κ2) is 6.43. The normalized spacial score (nSPS) is 17.6. The van der Waals surface area contributed by atoms with E-state index >= 15 is 0 Å². The number of urea groups is 1. The number of carbonyl (C=O) groups excluding carboxylic acids is 1. The van der Waals surface area contributed by atoms with Crippen molar-refractivity contribution in [3.63, 3.8) is 0 Å². The largest absolute Gasteiger partial charge is 0.388 e. The van der Waals surface area contributed by atoms with Crippen LogP contribution in [0.1, 0.15) is 12.8 Å². The third-order valence-electron chi connectivity index (χ3n) is 3.38. The highest BCUT2D eigenvalue weighted by molar-refractivity contribution is 6.30. The van der Waals surface area contributed by atoms with Crippen LogP contribution in [0.3, 0.4) is 0 Å². The molecule has 0 spiro atoms. The molecule has 0 unspecified atom stereocenters. The smallest absolute Gasteiger partial charge is 0.321 e. The molecule has 1 aromatic carbocycles. The highest BCUT2D eigenvalue weighted by Gasteiger charge is 2.32. The zero-order chi connectivity index (χ0) is 14.6. The molecule has 0 saturated carbocycles. The quantitative estimate of drug-likeness (QED) is 0.900. The van der Waals surface area contributed by atoms with Crippen molar-refractivity contribution in [2.24, 2.45) is 0 Å². The molecule has 20 heavy (non-hydrogen) atoms. The van der Waals surface area contributed by atoms with E-state index in [2.05, 4.69) is 5.32 Å². The zero-order valence-corrected chi connectivity index (χ0v) is 12.2. The molecule has 1 aliphatic rings. The van der Waals surface area contributed by atoms with E-state index in [-0.39, 0.29) is 12.6 Å². The Morgan fingerprint density at radius 1 is 1.50 bits per heavy atom. The van der Waals surface area contributed by atoms with E-state index in [1.165, 1.54) is 4.90 Å². The van der Waals surface area contributed by atoms with Gasteiger partial charge >= 0.3 is 6.03 Å². The number of aliphatic hydroxyl groups is 1. The lowest BCUT2D eigenvalue weighted by molar-refractivity contribution is -0.0717. The Balaban J connectivity index is 1.91. The van der Waals surface area contributed by atoms with Crippen LogP contribution in [0.25, 0.3) is 0 Å². The number of ether oxygens (including phenoxy) is 1. The van der Waals surface area contributed by atoms with E-state index < -0.39 is 5.60 Å². The summed E-state index contributed by atoms with van der Waals surface area (Å²) >= 11 is 5.87. The molecule has 0 bridgehead atoms. The molecule has 1 heterocycles. The van der Waals surface area contributed by atoms with E-state index in [1.807, 2.05) is 0 Å². The number of anilines is 1. The van der Waals surface area contributed by atoms with Gasteiger partial charge in [-0.15, -0.1) is 0 Å². The summed E-state index contributed by atoms with van der Waals surface area (Å²) in [6.07, 6.45) is 1.09. The number of benzene rings is 1. The van der Waals surface area contributed by atoms with Crippen molar-refractivity contribution in [3.05, 3.63) is 29.3 Å². The van der Waals surface area contributed by atoms with Gasteiger partial charge in [0.2, 0.25) is 0 Å². The first-order chi connectivity index (χ1) is 9.48. The fraction of sp³-hybridized carbons (Fsp3) is 0.500. The van der Waals surface area contributed by atoms with Gasteiger partial charge in [0, 0.05) is 43.8 Å². The third-order valence-corrected chi connectivity index (χ3v) is 3.61. The first-order valence-corrected chi connectivity index (χ1v) is 6.94. The van der Waals surface area contributed by atoms with Crippen molar-refractivity contribution in [2.75, 3.05) is 32.1 Å². The molecule has 1 aromatic rings. The first kappa shape index (κ1) is 15.1. The predicted molar refractivity (Wildman–Crippen MR) is 78.1 cm³/mol. The third kappa shape index (κ3) is 4.10. The molecule has 1 fully saturated rings. The van der Waals surface area contributed by atoms with Crippen LogP contribution in [-0.4, -0.2) is 48.4 Å². The fourth-order valence-corrected chi connectivity index (χ4v) is 2.40. The highest BCUT2D eigenvalue weighted by atomic mass is 35.5. The van der Waals surface area contributed by atoms with Gasteiger partial charge in [0.05, 0.1) is 12.1 Å². The summed E-state index contributed by atoms with van der Waals surface area (Å²) in [6, 6.07) is 6.68. The van der Waals surface area contributed by atoms with Crippen molar-refractivity contribution in [3.8, 4) is 0 Å². The van der Waals surface area contributed by atoms with Gasteiger partial charge in [-0.3, -0.25) is 0 Å². The standard InChI is InChI=1S/C14H19ClN2O3/c1-17(10-14(19)5-7-20-8-6-14)13(18)16-12-4-2-3-11(15)9-12/h2-4,9,19H,5-8,10H2,1H3,(H,16,18). The molecule has 110 valence electrons. The fourth-order valence-electron chi connectivity index (χ4n) is 2.21. The molecular weight excluding hydrogens is 280 g/mol. The van der Waals surface area contributed by atoms with Gasteiger partial charge < -0.3 is 20.1 Å². The highest BCUT2D eigenvalue weighted by Crippen LogP contribution is 2.22. The first-order valence-electron chi connectivity index (χ1n) is 6.56. The van der Waals surface area contributed by atoms with E-state index in [0.717, 1.165) is 0 Å². The number of halogens is 1. The number of carbonyl (C=O) groups is 1. The van der Waals surface area contributed by atoms with Crippen LogP contribution < -0.4 is 5.32 Å². The summed E-state index contributed by atoms with van der Waals surface area (Å²) < 4.78 is 5.22. The second-order valence-electron chi connectivity index (χ2n) is 5.13. The van der Waals surface area contributed by atoms with Crippen LogP contribution >= 0.6 is 11.6 Å². The summed E-state index contributed by atoms with van der Waals surface area (Å²) in [5.41, 5.74) is -0.230. The van der Waals surface area contributed by atoms with E-state index in [1.54, 1.807) is 31.3 Å². The Hall–Kier alpha value is -1.30. The minimum atomic E-state index is -0.862. The Morgan fingerprint density at radius 2 is 2.20 bits per heavy atom. The molecule has 1 saturated heterocycles. The lowest BCUT2D eigenvalue weighted by atomic mass is 9.94. The molecule has 5 nitrogen and oxygen atoms in total. The predicted octanol–water partition coefficient (Wildman–Crippen LogP) is 2.35. The lowest BCUT2D eigenvalue weighted by Crippen LogP contribution is -2.48. The Kier molecular flexibility index (Phi) is 4.86. The minimum absolute atomic E-state index is 0.271. The van der Waals surface area contributed by atoms with E-state index in [9.17, 15) is 9.90 Å². The Labute approximate surface area is 123 Å². The summed E-state index contributed by atoms with van der Waals surface area (Å²) in [5, 5.41) is 13.7. The molecule has 0 radical (unpaired) electrons. The second-order valence-corrected chi connectivity index (χ2v) is 5.57. The average Bonchev–Trinajstić information content (AvgIpc) is 2.39. The van der Waals surface area contributed by atoms with Gasteiger partial charge in [0.1, 0.15) is 0 Å². The topological polar surface area (TPSA) is 61.8 Å². The maximum absolute atomic E-state index is 12.1. The summed E-state index contributed by atoms with van der Waals surface area (Å²) in [7, 11) is 1.66. The number of rotatable bonds is 3. The minimum Gasteiger partial charge on any atom is -0.388 e.